The van der Waals surface area contributed by atoms with Gasteiger partial charge in [0.05, 0.1) is 11.2 Å². The monoisotopic (exact) mass is 326 g/mol. The van der Waals surface area contributed by atoms with E-state index in [0.717, 1.165) is 21.5 Å². The summed E-state index contributed by atoms with van der Waals surface area (Å²) in [4.78, 5) is 23.4. The van der Waals surface area contributed by atoms with Gasteiger partial charge in [0.2, 0.25) is 0 Å². The molecule has 0 bridgehead atoms. The van der Waals surface area contributed by atoms with Gasteiger partial charge in [-0.3, -0.25) is 4.98 Å². The Labute approximate surface area is 138 Å². The lowest BCUT2D eigenvalue weighted by molar-refractivity contribution is 0.256. The Bertz CT molecular complexity index is 872. The van der Waals surface area contributed by atoms with Gasteiger partial charge in [-0.05, 0) is 37.1 Å². The molecule has 2 aromatic heterocycles. The minimum absolute atomic E-state index is 0.361. The largest absolute Gasteiger partial charge is 0.351 e. The van der Waals surface area contributed by atoms with Crippen LogP contribution in [0.4, 0.5) is 15.6 Å². The van der Waals surface area contributed by atoms with E-state index in [-0.39, 0.29) is 0 Å². The number of carbonyl (C=O) groups is 1. The predicted octanol–water partition coefficient (Wildman–Crippen LogP) is 4.34. The van der Waals surface area contributed by atoms with Crippen molar-refractivity contribution in [3.63, 3.8) is 0 Å². The van der Waals surface area contributed by atoms with Gasteiger partial charge < -0.3 is 5.73 Å². The van der Waals surface area contributed by atoms with Crippen LogP contribution in [-0.4, -0.2) is 16.0 Å². The van der Waals surface area contributed by atoms with Crippen molar-refractivity contribution >= 4 is 39.1 Å². The molecule has 0 saturated carbocycles. The van der Waals surface area contributed by atoms with Crippen LogP contribution in [0.1, 0.15) is 30.3 Å². The quantitative estimate of drug-likeness (QED) is 0.778. The van der Waals surface area contributed by atoms with Crippen molar-refractivity contribution in [2.45, 2.75) is 26.7 Å². The molecule has 23 heavy (non-hydrogen) atoms. The van der Waals surface area contributed by atoms with Crippen LogP contribution in [-0.2, 0) is 0 Å². The molecule has 118 valence electrons. The second-order valence-corrected chi connectivity index (χ2v) is 6.74. The summed E-state index contributed by atoms with van der Waals surface area (Å²) in [6, 6.07) is 9.03. The van der Waals surface area contributed by atoms with E-state index in [9.17, 15) is 4.79 Å². The molecule has 0 radical (unpaired) electrons. The molecular weight excluding hydrogens is 308 g/mol. The minimum atomic E-state index is -0.547. The fraction of sp³-hybridized carbons (Fsp3) is 0.235. The van der Waals surface area contributed by atoms with Crippen LogP contribution >= 0.6 is 11.3 Å². The van der Waals surface area contributed by atoms with Crippen molar-refractivity contribution in [3.8, 4) is 0 Å². The van der Waals surface area contributed by atoms with Crippen LogP contribution < -0.4 is 10.6 Å². The van der Waals surface area contributed by atoms with Gasteiger partial charge in [0, 0.05) is 22.2 Å². The first-order valence-electron chi connectivity index (χ1n) is 7.38. The van der Waals surface area contributed by atoms with Crippen molar-refractivity contribution in [2.24, 2.45) is 5.73 Å². The molecule has 0 aliphatic heterocycles. The summed E-state index contributed by atoms with van der Waals surface area (Å²) in [5.41, 5.74) is 8.13. The normalized spacial score (nSPS) is 11.1. The first kappa shape index (κ1) is 15.4. The molecule has 3 rings (SSSR count). The summed E-state index contributed by atoms with van der Waals surface area (Å²) >= 11 is 1.48. The number of urea groups is 1. The number of thiazole rings is 1. The SMILES string of the molecule is Cc1ccc2cc(N(C(N)=O)c3ncc(C(C)C)s3)ccc2n1. The number of pyridine rings is 1. The maximum absolute atomic E-state index is 12.0. The number of amides is 2. The number of nitrogens with zero attached hydrogens (tertiary/aromatic N) is 3. The lowest BCUT2D eigenvalue weighted by Gasteiger charge is -2.17. The Hall–Kier alpha value is -2.47. The third-order valence-electron chi connectivity index (χ3n) is 3.56. The summed E-state index contributed by atoms with van der Waals surface area (Å²) < 4.78 is 0. The third-order valence-corrected chi connectivity index (χ3v) is 4.85. The molecule has 0 aliphatic rings. The molecule has 2 N–H and O–H groups in total. The third kappa shape index (κ3) is 3.03. The molecule has 5 nitrogen and oxygen atoms in total. The molecule has 3 aromatic rings. The summed E-state index contributed by atoms with van der Waals surface area (Å²) in [5, 5.41) is 1.54. The molecule has 0 saturated heterocycles. The van der Waals surface area contributed by atoms with Crippen LogP contribution in [0.3, 0.4) is 0 Å². The Balaban J connectivity index is 2.07. The van der Waals surface area contributed by atoms with Gasteiger partial charge in [0.15, 0.2) is 5.13 Å². The van der Waals surface area contributed by atoms with Gasteiger partial charge in [0.25, 0.3) is 0 Å². The van der Waals surface area contributed by atoms with E-state index in [1.165, 1.54) is 16.2 Å². The van der Waals surface area contributed by atoms with Crippen molar-refractivity contribution < 1.29 is 4.79 Å². The molecule has 0 unspecified atom stereocenters. The summed E-state index contributed by atoms with van der Waals surface area (Å²) in [7, 11) is 0. The Morgan fingerprint density at radius 3 is 2.70 bits per heavy atom. The number of fused-ring (bicyclic) bond motifs is 1. The van der Waals surface area contributed by atoms with Gasteiger partial charge in [-0.25, -0.2) is 14.7 Å². The number of hydrogen-bond donors (Lipinski definition) is 1. The topological polar surface area (TPSA) is 72.1 Å². The number of nitrogens with two attached hydrogens (primary N) is 1. The average molecular weight is 326 g/mol. The molecular formula is C17H18N4OS. The van der Waals surface area contributed by atoms with Gasteiger partial charge >= 0.3 is 6.03 Å². The zero-order valence-corrected chi connectivity index (χ0v) is 14.1. The average Bonchev–Trinajstić information content (AvgIpc) is 2.97. The van der Waals surface area contributed by atoms with Gasteiger partial charge in [-0.1, -0.05) is 19.9 Å². The van der Waals surface area contributed by atoms with Crippen molar-refractivity contribution in [3.05, 3.63) is 47.1 Å². The number of benzene rings is 1. The van der Waals surface area contributed by atoms with E-state index >= 15 is 0 Å². The van der Waals surface area contributed by atoms with Crippen LogP contribution in [0.2, 0.25) is 0 Å². The van der Waals surface area contributed by atoms with Gasteiger partial charge in [0.1, 0.15) is 0 Å². The van der Waals surface area contributed by atoms with Gasteiger partial charge in [-0.2, -0.15) is 0 Å². The highest BCUT2D eigenvalue weighted by Gasteiger charge is 2.20. The fourth-order valence-corrected chi connectivity index (χ4v) is 3.28. The van der Waals surface area contributed by atoms with E-state index in [2.05, 4.69) is 23.8 Å². The maximum Gasteiger partial charge on any atom is 0.325 e. The Morgan fingerprint density at radius 2 is 2.04 bits per heavy atom. The minimum Gasteiger partial charge on any atom is -0.351 e. The molecule has 2 amide bonds. The number of hydrogen-bond acceptors (Lipinski definition) is 4. The predicted molar refractivity (Wildman–Crippen MR) is 94.4 cm³/mol. The van der Waals surface area contributed by atoms with E-state index in [1.807, 2.05) is 37.3 Å². The number of primary amides is 1. The first-order chi connectivity index (χ1) is 11.0. The molecule has 2 heterocycles. The first-order valence-corrected chi connectivity index (χ1v) is 8.20. The number of rotatable bonds is 3. The van der Waals surface area contributed by atoms with Crippen LogP contribution in [0.25, 0.3) is 10.9 Å². The molecule has 0 aliphatic carbocycles. The molecule has 6 heteroatoms. The van der Waals surface area contributed by atoms with Crippen molar-refractivity contribution in [1.82, 2.24) is 9.97 Å². The molecule has 0 spiro atoms. The second-order valence-electron chi connectivity index (χ2n) is 5.70. The van der Waals surface area contributed by atoms with E-state index in [0.29, 0.717) is 16.7 Å². The molecule has 0 atom stereocenters. The highest BCUT2D eigenvalue weighted by molar-refractivity contribution is 7.15. The fourth-order valence-electron chi connectivity index (χ4n) is 2.33. The van der Waals surface area contributed by atoms with E-state index in [4.69, 9.17) is 5.73 Å². The number of aromatic nitrogens is 2. The molecule has 0 fully saturated rings. The lowest BCUT2D eigenvalue weighted by Crippen LogP contribution is -2.31. The number of aryl methyl sites for hydroxylation is 1. The van der Waals surface area contributed by atoms with Crippen LogP contribution in [0.15, 0.2) is 36.5 Å². The Kier molecular flexibility index (Phi) is 4.00. The Morgan fingerprint density at radius 1 is 1.26 bits per heavy atom. The maximum atomic E-state index is 12.0. The van der Waals surface area contributed by atoms with Crippen LogP contribution in [0.5, 0.6) is 0 Å². The van der Waals surface area contributed by atoms with Crippen molar-refractivity contribution in [2.75, 3.05) is 4.90 Å². The summed E-state index contributed by atoms with van der Waals surface area (Å²) in [5.74, 6) is 0.361. The highest BCUT2D eigenvalue weighted by Crippen LogP contribution is 2.33. The van der Waals surface area contributed by atoms with E-state index in [1.54, 1.807) is 6.20 Å². The number of carbonyl (C=O) groups excluding carboxylic acids is 1. The van der Waals surface area contributed by atoms with E-state index < -0.39 is 6.03 Å². The summed E-state index contributed by atoms with van der Waals surface area (Å²) in [6.45, 7) is 6.14. The zero-order chi connectivity index (χ0) is 16.6. The zero-order valence-electron chi connectivity index (χ0n) is 13.3. The smallest absolute Gasteiger partial charge is 0.325 e. The standard InChI is InChI=1S/C17H18N4OS/c1-10(2)15-9-19-17(23-15)21(16(18)22)13-6-7-14-12(8-13)5-4-11(3)20-14/h4-10H,1-3H3,(H2,18,22). The number of anilines is 2. The van der Waals surface area contributed by atoms with Gasteiger partial charge in [-0.15, -0.1) is 11.3 Å². The lowest BCUT2D eigenvalue weighted by atomic mass is 10.2. The van der Waals surface area contributed by atoms with Crippen molar-refractivity contribution in [1.29, 1.82) is 0 Å². The van der Waals surface area contributed by atoms with Crippen LogP contribution in [0, 0.1) is 6.92 Å². The highest BCUT2D eigenvalue weighted by atomic mass is 32.1. The summed E-state index contributed by atoms with van der Waals surface area (Å²) in [6.07, 6.45) is 1.80. The second kappa shape index (κ2) is 5.96. The molecule has 1 aromatic carbocycles.